The van der Waals surface area contributed by atoms with Gasteiger partial charge in [-0.2, -0.15) is 4.57 Å². The Balaban J connectivity index is 1.98. The van der Waals surface area contributed by atoms with Gasteiger partial charge in [-0.3, -0.25) is 4.98 Å². The Kier molecular flexibility index (Phi) is 1.65. The number of aryl methyl sites for hydroxylation is 1. The summed E-state index contributed by atoms with van der Waals surface area (Å²) in [5, 5.41) is 0. The fraction of sp³-hybridized carbons (Fsp3) is 0.133. The van der Waals surface area contributed by atoms with Crippen LogP contribution in [0.4, 0.5) is 0 Å². The van der Waals surface area contributed by atoms with Crippen molar-refractivity contribution in [3.05, 3.63) is 42.4 Å². The van der Waals surface area contributed by atoms with Crippen LogP contribution in [-0.2, 0) is 13.6 Å². The van der Waals surface area contributed by atoms with Crippen LogP contribution in [0, 0.1) is 0 Å². The van der Waals surface area contributed by atoms with Crippen molar-refractivity contribution in [3.63, 3.8) is 0 Å². The molecule has 5 nitrogen and oxygen atoms in total. The SMILES string of the molecule is Cn1c2[n+](c3oc4cccnc4c31)Cc1cnccc1-2. The second-order valence-corrected chi connectivity index (χ2v) is 5.11. The third-order valence-electron chi connectivity index (χ3n) is 4.03. The molecule has 0 spiro atoms. The molecule has 20 heavy (non-hydrogen) atoms. The fourth-order valence-corrected chi connectivity index (χ4v) is 3.19. The smallest absolute Gasteiger partial charge is 0.341 e. The van der Waals surface area contributed by atoms with Crippen LogP contribution in [0.25, 0.3) is 33.7 Å². The summed E-state index contributed by atoms with van der Waals surface area (Å²) in [4.78, 5) is 8.66. The van der Waals surface area contributed by atoms with Crippen LogP contribution < -0.4 is 4.57 Å². The largest absolute Gasteiger partial charge is 0.417 e. The van der Waals surface area contributed by atoms with Gasteiger partial charge in [0.25, 0.3) is 5.82 Å². The zero-order chi connectivity index (χ0) is 13.3. The number of pyridine rings is 2. The van der Waals surface area contributed by atoms with Gasteiger partial charge in [0, 0.05) is 24.2 Å². The van der Waals surface area contributed by atoms with Crippen LogP contribution in [0.3, 0.4) is 0 Å². The van der Waals surface area contributed by atoms with Gasteiger partial charge in [-0.1, -0.05) is 0 Å². The van der Waals surface area contributed by atoms with Crippen molar-refractivity contribution in [1.82, 2.24) is 14.5 Å². The van der Waals surface area contributed by atoms with Crippen molar-refractivity contribution in [3.8, 4) is 11.4 Å². The first-order valence-corrected chi connectivity index (χ1v) is 6.53. The van der Waals surface area contributed by atoms with E-state index < -0.39 is 0 Å². The third-order valence-corrected chi connectivity index (χ3v) is 4.03. The number of nitrogens with zero attached hydrogens (tertiary/aromatic N) is 4. The van der Waals surface area contributed by atoms with E-state index in [4.69, 9.17) is 4.42 Å². The van der Waals surface area contributed by atoms with Gasteiger partial charge in [-0.15, -0.1) is 0 Å². The molecule has 0 radical (unpaired) electrons. The molecule has 0 amide bonds. The molecule has 0 fully saturated rings. The quantitative estimate of drug-likeness (QED) is 0.402. The Morgan fingerprint density at radius 2 is 2.25 bits per heavy atom. The zero-order valence-corrected chi connectivity index (χ0v) is 10.9. The first-order valence-electron chi connectivity index (χ1n) is 6.53. The van der Waals surface area contributed by atoms with E-state index in [-0.39, 0.29) is 0 Å². The number of furan rings is 1. The molecular formula is C15H11N4O+. The van der Waals surface area contributed by atoms with E-state index in [2.05, 4.69) is 32.2 Å². The molecule has 4 aromatic rings. The monoisotopic (exact) mass is 263 g/mol. The molecule has 0 saturated heterocycles. The first-order chi connectivity index (χ1) is 9.84. The normalized spacial score (nSPS) is 13.1. The van der Waals surface area contributed by atoms with Crippen LogP contribution in [-0.4, -0.2) is 14.5 Å². The Morgan fingerprint density at radius 1 is 1.30 bits per heavy atom. The van der Waals surface area contributed by atoms with Gasteiger partial charge in [-0.05, 0) is 18.2 Å². The van der Waals surface area contributed by atoms with Crippen LogP contribution in [0.2, 0.25) is 0 Å². The van der Waals surface area contributed by atoms with E-state index in [0.717, 1.165) is 34.7 Å². The summed E-state index contributed by atoms with van der Waals surface area (Å²) in [6.45, 7) is 0.801. The third kappa shape index (κ3) is 1.02. The van der Waals surface area contributed by atoms with Gasteiger partial charge in [-0.25, -0.2) is 9.55 Å². The molecule has 0 bridgehead atoms. The van der Waals surface area contributed by atoms with E-state index in [0.29, 0.717) is 0 Å². The van der Waals surface area contributed by atoms with Crippen molar-refractivity contribution in [2.45, 2.75) is 6.54 Å². The number of fused-ring (bicyclic) bond motifs is 7. The Labute approximate surface area is 114 Å². The van der Waals surface area contributed by atoms with Crippen LogP contribution >= 0.6 is 0 Å². The average Bonchev–Trinajstić information content (AvgIpc) is 3.10. The van der Waals surface area contributed by atoms with E-state index >= 15 is 0 Å². The predicted molar refractivity (Wildman–Crippen MR) is 73.0 cm³/mol. The molecule has 5 heteroatoms. The molecule has 4 aromatic heterocycles. The van der Waals surface area contributed by atoms with Gasteiger partial charge in [0.2, 0.25) is 5.52 Å². The van der Waals surface area contributed by atoms with Crippen molar-refractivity contribution in [2.24, 2.45) is 7.05 Å². The van der Waals surface area contributed by atoms with E-state index in [1.807, 2.05) is 24.5 Å². The molecular weight excluding hydrogens is 252 g/mol. The number of aromatic nitrogens is 4. The minimum Gasteiger partial charge on any atom is -0.417 e. The number of hydrogen-bond donors (Lipinski definition) is 0. The number of hydrogen-bond acceptors (Lipinski definition) is 3. The van der Waals surface area contributed by atoms with Crippen molar-refractivity contribution in [1.29, 1.82) is 0 Å². The van der Waals surface area contributed by atoms with Crippen molar-refractivity contribution >= 4 is 22.3 Å². The summed E-state index contributed by atoms with van der Waals surface area (Å²) in [5.41, 5.74) is 6.14. The minimum atomic E-state index is 0.801. The zero-order valence-electron chi connectivity index (χ0n) is 10.9. The van der Waals surface area contributed by atoms with Crippen LogP contribution in [0.1, 0.15) is 5.56 Å². The highest BCUT2D eigenvalue weighted by molar-refractivity contribution is 5.98. The van der Waals surface area contributed by atoms with E-state index in [1.165, 1.54) is 11.1 Å². The first kappa shape index (κ1) is 10.1. The summed E-state index contributed by atoms with van der Waals surface area (Å²) < 4.78 is 10.4. The van der Waals surface area contributed by atoms with Crippen LogP contribution in [0.15, 0.2) is 41.2 Å². The molecule has 0 N–H and O–H groups in total. The van der Waals surface area contributed by atoms with Gasteiger partial charge in [0.15, 0.2) is 11.1 Å². The molecule has 5 heterocycles. The maximum atomic E-state index is 6.01. The summed E-state index contributed by atoms with van der Waals surface area (Å²) in [5.74, 6) is 1.16. The molecule has 0 saturated carbocycles. The lowest BCUT2D eigenvalue weighted by Crippen LogP contribution is -2.31. The molecule has 0 atom stereocenters. The summed E-state index contributed by atoms with van der Waals surface area (Å²) >= 11 is 0. The lowest BCUT2D eigenvalue weighted by atomic mass is 10.2. The topological polar surface area (TPSA) is 47.7 Å². The maximum Gasteiger partial charge on any atom is 0.341 e. The summed E-state index contributed by atoms with van der Waals surface area (Å²) in [6, 6.07) is 5.91. The second kappa shape index (κ2) is 3.25. The van der Waals surface area contributed by atoms with Gasteiger partial charge in [0.05, 0.1) is 12.6 Å². The summed E-state index contributed by atoms with van der Waals surface area (Å²) in [6.07, 6.45) is 5.56. The average molecular weight is 263 g/mol. The molecule has 0 aromatic carbocycles. The molecule has 1 aliphatic heterocycles. The lowest BCUT2D eigenvalue weighted by molar-refractivity contribution is -0.652. The molecule has 0 unspecified atom stereocenters. The second-order valence-electron chi connectivity index (χ2n) is 5.11. The fourth-order valence-electron chi connectivity index (χ4n) is 3.19. The van der Waals surface area contributed by atoms with Gasteiger partial charge >= 0.3 is 5.71 Å². The minimum absolute atomic E-state index is 0.801. The van der Waals surface area contributed by atoms with Crippen molar-refractivity contribution < 1.29 is 8.98 Å². The standard InChI is InChI=1S/C15H11N4O/c1-18-13-12-11(3-2-5-17-12)20-15(13)19-8-9-7-16-6-4-10(9)14(18)19/h2-7H,8H2,1H3/q+1. The Hall–Kier alpha value is -2.69. The number of rotatable bonds is 0. The summed E-state index contributed by atoms with van der Waals surface area (Å²) in [7, 11) is 2.06. The van der Waals surface area contributed by atoms with Crippen molar-refractivity contribution in [2.75, 3.05) is 0 Å². The molecule has 96 valence electrons. The van der Waals surface area contributed by atoms with E-state index in [9.17, 15) is 0 Å². The Morgan fingerprint density at radius 3 is 3.20 bits per heavy atom. The highest BCUT2D eigenvalue weighted by Crippen LogP contribution is 2.33. The maximum absolute atomic E-state index is 6.01. The molecule has 1 aliphatic rings. The van der Waals surface area contributed by atoms with E-state index in [1.54, 1.807) is 6.20 Å². The highest BCUT2D eigenvalue weighted by atomic mass is 16.3. The van der Waals surface area contributed by atoms with Gasteiger partial charge in [0.1, 0.15) is 6.54 Å². The molecule has 5 rings (SSSR count). The predicted octanol–water partition coefficient (Wildman–Crippen LogP) is 2.03. The Bertz CT molecular complexity index is 996. The lowest BCUT2D eigenvalue weighted by Gasteiger charge is -1.94. The van der Waals surface area contributed by atoms with Gasteiger partial charge < -0.3 is 4.42 Å². The highest BCUT2D eigenvalue weighted by Gasteiger charge is 2.36. The number of imidazole rings is 1. The molecule has 0 aliphatic carbocycles. The van der Waals surface area contributed by atoms with Crippen LogP contribution in [0.5, 0.6) is 0 Å².